The van der Waals surface area contributed by atoms with Crippen LogP contribution in [0.15, 0.2) is 69.6 Å². The lowest BCUT2D eigenvalue weighted by Gasteiger charge is -2.03. The van der Waals surface area contributed by atoms with E-state index in [-0.39, 0.29) is 10.6 Å². The van der Waals surface area contributed by atoms with Gasteiger partial charge in [0.25, 0.3) is 5.69 Å². The van der Waals surface area contributed by atoms with E-state index in [1.807, 2.05) is 36.4 Å². The SMILES string of the molecule is O=[N+]([O-])c1ccccc1-c1ccc2oc3cccc(Br)c3c2c1. The van der Waals surface area contributed by atoms with Crippen LogP contribution in [-0.2, 0) is 0 Å². The van der Waals surface area contributed by atoms with Crippen molar-refractivity contribution in [3.8, 4) is 11.1 Å². The summed E-state index contributed by atoms with van der Waals surface area (Å²) in [5.74, 6) is 0. The zero-order valence-corrected chi connectivity index (χ0v) is 13.4. The lowest BCUT2D eigenvalue weighted by Crippen LogP contribution is -1.91. The number of benzene rings is 3. The Bertz CT molecular complexity index is 1070. The molecule has 0 aliphatic heterocycles. The molecule has 1 heterocycles. The van der Waals surface area contributed by atoms with Crippen LogP contribution in [0.3, 0.4) is 0 Å². The molecule has 0 aliphatic carbocycles. The van der Waals surface area contributed by atoms with E-state index < -0.39 is 0 Å². The number of halogens is 1. The Hall–Kier alpha value is -2.66. The first kappa shape index (κ1) is 14.0. The summed E-state index contributed by atoms with van der Waals surface area (Å²) in [6, 6.07) is 18.2. The number of nitro benzene ring substituents is 1. The lowest BCUT2D eigenvalue weighted by molar-refractivity contribution is -0.384. The van der Waals surface area contributed by atoms with E-state index in [2.05, 4.69) is 15.9 Å². The number of fused-ring (bicyclic) bond motifs is 3. The number of hydrogen-bond acceptors (Lipinski definition) is 3. The highest BCUT2D eigenvalue weighted by Crippen LogP contribution is 2.38. The van der Waals surface area contributed by atoms with Crippen LogP contribution in [0, 0.1) is 10.1 Å². The second-order valence-electron chi connectivity index (χ2n) is 5.20. The Kier molecular flexibility index (Phi) is 3.16. The first-order chi connectivity index (χ1) is 11.1. The van der Waals surface area contributed by atoms with Gasteiger partial charge in [-0.25, -0.2) is 0 Å². The number of nitrogens with zero attached hydrogens (tertiary/aromatic N) is 1. The summed E-state index contributed by atoms with van der Waals surface area (Å²) in [5.41, 5.74) is 3.03. The van der Waals surface area contributed by atoms with Crippen LogP contribution in [0.4, 0.5) is 5.69 Å². The molecule has 0 spiro atoms. The van der Waals surface area contributed by atoms with E-state index in [0.29, 0.717) is 5.56 Å². The van der Waals surface area contributed by atoms with Crippen LogP contribution in [0.25, 0.3) is 33.1 Å². The molecule has 0 bridgehead atoms. The van der Waals surface area contributed by atoms with Gasteiger partial charge >= 0.3 is 0 Å². The molecule has 0 fully saturated rings. The van der Waals surface area contributed by atoms with Crippen molar-refractivity contribution < 1.29 is 9.34 Å². The highest BCUT2D eigenvalue weighted by atomic mass is 79.9. The van der Waals surface area contributed by atoms with E-state index >= 15 is 0 Å². The molecule has 0 N–H and O–H groups in total. The minimum absolute atomic E-state index is 0.0960. The van der Waals surface area contributed by atoms with Gasteiger partial charge in [-0.15, -0.1) is 0 Å². The number of para-hydroxylation sites is 1. The molecular weight excluding hydrogens is 358 g/mol. The fourth-order valence-electron chi connectivity index (χ4n) is 2.83. The highest BCUT2D eigenvalue weighted by Gasteiger charge is 2.16. The zero-order valence-electron chi connectivity index (χ0n) is 11.8. The van der Waals surface area contributed by atoms with Crippen molar-refractivity contribution in [2.45, 2.75) is 0 Å². The minimum atomic E-state index is -0.358. The topological polar surface area (TPSA) is 56.3 Å². The third-order valence-electron chi connectivity index (χ3n) is 3.86. The van der Waals surface area contributed by atoms with Gasteiger partial charge in [0.1, 0.15) is 11.2 Å². The summed E-state index contributed by atoms with van der Waals surface area (Å²) in [7, 11) is 0. The van der Waals surface area contributed by atoms with Crippen LogP contribution in [0.2, 0.25) is 0 Å². The fourth-order valence-corrected chi connectivity index (χ4v) is 3.39. The summed E-state index contributed by atoms with van der Waals surface area (Å²) in [6.45, 7) is 0. The van der Waals surface area contributed by atoms with Crippen LogP contribution >= 0.6 is 15.9 Å². The molecule has 5 heteroatoms. The highest BCUT2D eigenvalue weighted by molar-refractivity contribution is 9.10. The quantitative estimate of drug-likeness (QED) is 0.326. The molecule has 0 atom stereocenters. The smallest absolute Gasteiger partial charge is 0.277 e. The molecule has 0 saturated heterocycles. The Balaban J connectivity index is 2.03. The number of furan rings is 1. The fraction of sp³-hybridized carbons (Fsp3) is 0. The van der Waals surface area contributed by atoms with E-state index in [0.717, 1.165) is 32.0 Å². The molecular formula is C18H10BrNO3. The van der Waals surface area contributed by atoms with Crippen molar-refractivity contribution in [3.63, 3.8) is 0 Å². The zero-order chi connectivity index (χ0) is 16.0. The molecule has 4 rings (SSSR count). The van der Waals surface area contributed by atoms with Crippen molar-refractivity contribution in [1.82, 2.24) is 0 Å². The lowest BCUT2D eigenvalue weighted by atomic mass is 10.0. The van der Waals surface area contributed by atoms with E-state index in [1.165, 1.54) is 6.07 Å². The van der Waals surface area contributed by atoms with Gasteiger partial charge in [0.15, 0.2) is 0 Å². The summed E-state index contributed by atoms with van der Waals surface area (Å²) < 4.78 is 6.78. The van der Waals surface area contributed by atoms with E-state index in [9.17, 15) is 10.1 Å². The van der Waals surface area contributed by atoms with Crippen LogP contribution in [-0.4, -0.2) is 4.92 Å². The van der Waals surface area contributed by atoms with Crippen LogP contribution < -0.4 is 0 Å². The third-order valence-corrected chi connectivity index (χ3v) is 4.52. The van der Waals surface area contributed by atoms with E-state index in [4.69, 9.17) is 4.42 Å². The van der Waals surface area contributed by atoms with Gasteiger partial charge in [-0.2, -0.15) is 0 Å². The van der Waals surface area contributed by atoms with Gasteiger partial charge in [-0.05, 0) is 35.9 Å². The molecule has 4 nitrogen and oxygen atoms in total. The van der Waals surface area contributed by atoms with Gasteiger partial charge in [0.05, 0.1) is 10.5 Å². The maximum Gasteiger partial charge on any atom is 0.277 e. The molecule has 3 aromatic carbocycles. The largest absolute Gasteiger partial charge is 0.456 e. The first-order valence-electron chi connectivity index (χ1n) is 7.00. The Labute approximate surface area is 139 Å². The monoisotopic (exact) mass is 367 g/mol. The van der Waals surface area contributed by atoms with Crippen molar-refractivity contribution >= 4 is 43.6 Å². The molecule has 23 heavy (non-hydrogen) atoms. The standard InChI is InChI=1S/C18H10BrNO3/c19-14-5-3-7-17-18(14)13-10-11(8-9-16(13)23-17)12-4-1-2-6-15(12)20(21)22/h1-10H. The maximum absolute atomic E-state index is 11.3. The predicted molar refractivity (Wildman–Crippen MR) is 93.5 cm³/mol. The van der Waals surface area contributed by atoms with Crippen LogP contribution in [0.5, 0.6) is 0 Å². The summed E-state index contributed by atoms with van der Waals surface area (Å²) in [4.78, 5) is 10.9. The van der Waals surface area contributed by atoms with E-state index in [1.54, 1.807) is 18.2 Å². The van der Waals surface area contributed by atoms with Gasteiger partial charge in [0.2, 0.25) is 0 Å². The maximum atomic E-state index is 11.3. The molecule has 0 saturated carbocycles. The predicted octanol–water partition coefficient (Wildman–Crippen LogP) is 5.92. The Morgan fingerprint density at radius 3 is 2.61 bits per heavy atom. The first-order valence-corrected chi connectivity index (χ1v) is 7.79. The molecule has 0 aliphatic rings. The van der Waals surface area contributed by atoms with Crippen molar-refractivity contribution in [2.24, 2.45) is 0 Å². The van der Waals surface area contributed by atoms with Crippen molar-refractivity contribution in [3.05, 3.63) is 75.3 Å². The number of hydrogen-bond donors (Lipinski definition) is 0. The molecule has 4 aromatic rings. The van der Waals surface area contributed by atoms with Gasteiger partial charge in [-0.3, -0.25) is 10.1 Å². The average Bonchev–Trinajstić information content (AvgIpc) is 2.93. The van der Waals surface area contributed by atoms with Gasteiger partial charge in [0, 0.05) is 21.3 Å². The third kappa shape index (κ3) is 2.21. The van der Waals surface area contributed by atoms with Crippen LogP contribution in [0.1, 0.15) is 0 Å². The average molecular weight is 368 g/mol. The number of rotatable bonds is 2. The summed E-state index contributed by atoms with van der Waals surface area (Å²) in [6.07, 6.45) is 0. The molecule has 0 amide bonds. The Morgan fingerprint density at radius 2 is 1.78 bits per heavy atom. The van der Waals surface area contributed by atoms with Crippen molar-refractivity contribution in [1.29, 1.82) is 0 Å². The Morgan fingerprint density at radius 1 is 0.957 bits per heavy atom. The number of nitro groups is 1. The summed E-state index contributed by atoms with van der Waals surface area (Å²) in [5, 5.41) is 13.2. The minimum Gasteiger partial charge on any atom is -0.456 e. The molecule has 112 valence electrons. The van der Waals surface area contributed by atoms with Gasteiger partial charge in [-0.1, -0.05) is 40.2 Å². The normalized spacial score (nSPS) is 11.2. The molecule has 0 unspecified atom stereocenters. The summed E-state index contributed by atoms with van der Waals surface area (Å²) >= 11 is 3.55. The molecule has 1 aromatic heterocycles. The molecule has 0 radical (unpaired) electrons. The van der Waals surface area contributed by atoms with Crippen molar-refractivity contribution in [2.75, 3.05) is 0 Å². The second-order valence-corrected chi connectivity index (χ2v) is 6.05. The van der Waals surface area contributed by atoms with Gasteiger partial charge < -0.3 is 4.42 Å². The second kappa shape index (κ2) is 5.21.